The number of likely N-dealkylation sites (tertiary alicyclic amines) is 1. The minimum Gasteiger partial charge on any atom is -0.454 e. The molecule has 0 unspecified atom stereocenters. The number of fused-ring (bicyclic) bond motifs is 1. The first-order valence-electron chi connectivity index (χ1n) is 7.80. The zero-order chi connectivity index (χ0) is 15.8. The van der Waals surface area contributed by atoms with E-state index in [4.69, 9.17) is 14.2 Å². The molecule has 0 saturated carbocycles. The molecule has 0 aromatic heterocycles. The second-order valence-corrected chi connectivity index (χ2v) is 5.95. The van der Waals surface area contributed by atoms with Crippen LogP contribution < -0.4 is 9.47 Å². The third-order valence-electron chi connectivity index (χ3n) is 4.54. The van der Waals surface area contributed by atoms with Gasteiger partial charge in [-0.3, -0.25) is 9.69 Å². The Hall–Kier alpha value is -2.44. The van der Waals surface area contributed by atoms with Crippen LogP contribution in [0.25, 0.3) is 0 Å². The third kappa shape index (κ3) is 2.67. The van der Waals surface area contributed by atoms with Crippen molar-refractivity contribution in [3.63, 3.8) is 0 Å². The fourth-order valence-electron chi connectivity index (χ4n) is 3.30. The first-order valence-corrected chi connectivity index (χ1v) is 7.80. The molecule has 1 aromatic rings. The van der Waals surface area contributed by atoms with Gasteiger partial charge in [-0.05, 0) is 24.1 Å². The normalized spacial score (nSPS) is 22.6. The van der Waals surface area contributed by atoms with Gasteiger partial charge in [0.2, 0.25) is 12.7 Å². The summed E-state index contributed by atoms with van der Waals surface area (Å²) in [5.41, 5.74) is 0.906. The second kappa shape index (κ2) is 5.64. The summed E-state index contributed by atoms with van der Waals surface area (Å²) in [6.07, 6.45) is 0.871. The van der Waals surface area contributed by atoms with Crippen molar-refractivity contribution in [3.8, 4) is 11.5 Å². The van der Waals surface area contributed by atoms with Crippen LogP contribution in [0.1, 0.15) is 12.0 Å². The Bertz CT molecular complexity index is 647. The van der Waals surface area contributed by atoms with Gasteiger partial charge in [0.25, 0.3) is 0 Å². The number of benzene rings is 1. The van der Waals surface area contributed by atoms with Crippen molar-refractivity contribution in [2.24, 2.45) is 0 Å². The van der Waals surface area contributed by atoms with E-state index in [1.54, 1.807) is 4.90 Å². The van der Waals surface area contributed by atoms with E-state index in [1.165, 1.54) is 0 Å². The molecular formula is C16H18N2O5. The van der Waals surface area contributed by atoms with Gasteiger partial charge in [0.05, 0.1) is 19.0 Å². The molecule has 0 aliphatic carbocycles. The lowest BCUT2D eigenvalue weighted by Crippen LogP contribution is -2.39. The highest BCUT2D eigenvalue weighted by molar-refractivity contribution is 5.79. The fraction of sp³-hybridized carbons (Fsp3) is 0.500. The molecule has 2 amide bonds. The van der Waals surface area contributed by atoms with Crippen LogP contribution in [0.4, 0.5) is 4.79 Å². The number of cyclic esters (lactones) is 1. The van der Waals surface area contributed by atoms with Gasteiger partial charge in [-0.25, -0.2) is 4.79 Å². The first kappa shape index (κ1) is 14.2. The van der Waals surface area contributed by atoms with Crippen molar-refractivity contribution in [1.82, 2.24) is 9.80 Å². The van der Waals surface area contributed by atoms with Gasteiger partial charge in [-0.2, -0.15) is 0 Å². The van der Waals surface area contributed by atoms with Crippen molar-refractivity contribution in [1.29, 1.82) is 0 Å². The zero-order valence-electron chi connectivity index (χ0n) is 12.7. The van der Waals surface area contributed by atoms with Crippen LogP contribution >= 0.6 is 0 Å². The Balaban J connectivity index is 1.37. The molecule has 1 atom stereocenters. The van der Waals surface area contributed by atoms with Gasteiger partial charge in [0.1, 0.15) is 6.61 Å². The smallest absolute Gasteiger partial charge is 0.410 e. The molecule has 2 saturated heterocycles. The fourth-order valence-corrected chi connectivity index (χ4v) is 3.30. The topological polar surface area (TPSA) is 68.3 Å². The molecule has 0 N–H and O–H groups in total. The minimum atomic E-state index is -0.264. The maximum absolute atomic E-state index is 12.5. The standard InChI is InChI=1S/C16H18N2O5/c19-15(8-11-1-2-13-14(7-11)23-10-22-13)17-4-3-12(9-17)18-5-6-21-16(18)20/h1-2,7,12H,3-6,8-10H2/t12-/m0/s1. The predicted octanol–water partition coefficient (Wildman–Crippen LogP) is 1.01. The van der Waals surface area contributed by atoms with E-state index in [2.05, 4.69) is 0 Å². The number of nitrogens with zero attached hydrogens (tertiary/aromatic N) is 2. The van der Waals surface area contributed by atoms with Crippen LogP contribution in [-0.2, 0) is 16.0 Å². The van der Waals surface area contributed by atoms with Crippen molar-refractivity contribution in [2.45, 2.75) is 18.9 Å². The van der Waals surface area contributed by atoms with E-state index in [0.717, 1.165) is 17.7 Å². The lowest BCUT2D eigenvalue weighted by atomic mass is 10.1. The number of amides is 2. The highest BCUT2D eigenvalue weighted by atomic mass is 16.7. The monoisotopic (exact) mass is 318 g/mol. The molecule has 0 radical (unpaired) electrons. The van der Waals surface area contributed by atoms with Gasteiger partial charge in [0.15, 0.2) is 11.5 Å². The molecule has 3 aliphatic heterocycles. The lowest BCUT2D eigenvalue weighted by Gasteiger charge is -2.22. The summed E-state index contributed by atoms with van der Waals surface area (Å²) in [6, 6.07) is 5.64. The number of hydrogen-bond acceptors (Lipinski definition) is 5. The van der Waals surface area contributed by atoms with E-state index in [9.17, 15) is 9.59 Å². The van der Waals surface area contributed by atoms with Crippen LogP contribution in [0.5, 0.6) is 11.5 Å². The molecule has 0 spiro atoms. The largest absolute Gasteiger partial charge is 0.454 e. The Labute approximate surface area is 133 Å². The van der Waals surface area contributed by atoms with Crippen molar-refractivity contribution >= 4 is 12.0 Å². The first-order chi connectivity index (χ1) is 11.2. The molecule has 1 aromatic carbocycles. The highest BCUT2D eigenvalue weighted by Crippen LogP contribution is 2.32. The average molecular weight is 318 g/mol. The number of ether oxygens (including phenoxy) is 3. The number of carbonyl (C=O) groups is 2. The summed E-state index contributed by atoms with van der Waals surface area (Å²) < 4.78 is 15.6. The predicted molar refractivity (Wildman–Crippen MR) is 79.3 cm³/mol. The SMILES string of the molecule is O=C(Cc1ccc2c(c1)OCO2)N1CC[C@H](N2CCOC2=O)C1. The van der Waals surface area contributed by atoms with E-state index in [1.807, 2.05) is 23.1 Å². The summed E-state index contributed by atoms with van der Waals surface area (Å²) in [5.74, 6) is 1.48. The Morgan fingerprint density at radius 1 is 1.17 bits per heavy atom. The van der Waals surface area contributed by atoms with Crippen molar-refractivity contribution in [2.75, 3.05) is 33.0 Å². The average Bonchev–Trinajstić information content (AvgIpc) is 3.25. The van der Waals surface area contributed by atoms with Gasteiger partial charge < -0.3 is 19.1 Å². The van der Waals surface area contributed by atoms with Gasteiger partial charge >= 0.3 is 6.09 Å². The van der Waals surface area contributed by atoms with Crippen molar-refractivity contribution < 1.29 is 23.8 Å². The van der Waals surface area contributed by atoms with Gasteiger partial charge in [0, 0.05) is 13.1 Å². The van der Waals surface area contributed by atoms with E-state index in [0.29, 0.717) is 38.4 Å². The van der Waals surface area contributed by atoms with Crippen molar-refractivity contribution in [3.05, 3.63) is 23.8 Å². The van der Waals surface area contributed by atoms with E-state index >= 15 is 0 Å². The highest BCUT2D eigenvalue weighted by Gasteiger charge is 2.36. The van der Waals surface area contributed by atoms with Crippen LogP contribution in [0, 0.1) is 0 Å². The zero-order valence-corrected chi connectivity index (χ0v) is 12.7. The number of carbonyl (C=O) groups excluding carboxylic acids is 2. The molecule has 23 heavy (non-hydrogen) atoms. The van der Waals surface area contributed by atoms with E-state index < -0.39 is 0 Å². The molecule has 122 valence electrons. The number of rotatable bonds is 3. The summed E-state index contributed by atoms with van der Waals surface area (Å²) in [6.45, 7) is 2.55. The second-order valence-electron chi connectivity index (χ2n) is 5.95. The summed E-state index contributed by atoms with van der Waals surface area (Å²) >= 11 is 0. The number of hydrogen-bond donors (Lipinski definition) is 0. The molecule has 7 nitrogen and oxygen atoms in total. The van der Waals surface area contributed by atoms with Gasteiger partial charge in [-0.15, -0.1) is 0 Å². The van der Waals surface area contributed by atoms with Gasteiger partial charge in [-0.1, -0.05) is 6.07 Å². The molecule has 0 bridgehead atoms. The maximum Gasteiger partial charge on any atom is 0.410 e. The van der Waals surface area contributed by atoms with Crippen LogP contribution in [-0.4, -0.2) is 60.9 Å². The van der Waals surface area contributed by atoms with Crippen LogP contribution in [0.2, 0.25) is 0 Å². The minimum absolute atomic E-state index is 0.0685. The maximum atomic E-state index is 12.5. The molecule has 3 aliphatic rings. The molecular weight excluding hydrogens is 300 g/mol. The summed E-state index contributed by atoms with van der Waals surface area (Å²) in [7, 11) is 0. The molecule has 7 heteroatoms. The Morgan fingerprint density at radius 2 is 2.04 bits per heavy atom. The van der Waals surface area contributed by atoms with Crippen LogP contribution in [0.15, 0.2) is 18.2 Å². The summed E-state index contributed by atoms with van der Waals surface area (Å²) in [4.78, 5) is 27.6. The third-order valence-corrected chi connectivity index (χ3v) is 4.54. The lowest BCUT2D eigenvalue weighted by molar-refractivity contribution is -0.129. The molecule has 2 fully saturated rings. The van der Waals surface area contributed by atoms with Crippen LogP contribution in [0.3, 0.4) is 0 Å². The molecule has 3 heterocycles. The Morgan fingerprint density at radius 3 is 2.87 bits per heavy atom. The quantitative estimate of drug-likeness (QED) is 0.832. The van der Waals surface area contributed by atoms with E-state index in [-0.39, 0.29) is 24.8 Å². The summed E-state index contributed by atoms with van der Waals surface area (Å²) in [5, 5.41) is 0. The molecule has 4 rings (SSSR count). The Kier molecular flexibility index (Phi) is 3.48.